The maximum Gasteiger partial charge on any atom is 0.162 e. The average Bonchev–Trinajstić information content (AvgIpc) is 2.76. The summed E-state index contributed by atoms with van der Waals surface area (Å²) in [5, 5.41) is 22.5. The predicted octanol–water partition coefficient (Wildman–Crippen LogP) is 3.28. The second-order valence-corrected chi connectivity index (χ2v) is 8.87. The number of hydrogen-bond donors (Lipinski definition) is 3. The Morgan fingerprint density at radius 2 is 2.09 bits per heavy atom. The zero-order chi connectivity index (χ0) is 23.5. The van der Waals surface area contributed by atoms with E-state index in [-0.39, 0.29) is 28.7 Å². The smallest absolute Gasteiger partial charge is 0.162 e. The topological polar surface area (TPSA) is 133 Å². The molecule has 0 amide bonds. The number of aliphatic hydroxyl groups is 1. The first-order valence-electron chi connectivity index (χ1n) is 9.52. The van der Waals surface area contributed by atoms with Gasteiger partial charge in [-0.15, -0.1) is 0 Å². The molecule has 166 valence electrons. The van der Waals surface area contributed by atoms with Gasteiger partial charge in [-0.1, -0.05) is 11.8 Å². The lowest BCUT2D eigenvalue weighted by Gasteiger charge is -2.32. The van der Waals surface area contributed by atoms with Crippen LogP contribution in [-0.4, -0.2) is 43.1 Å². The zero-order valence-corrected chi connectivity index (χ0v) is 18.4. The summed E-state index contributed by atoms with van der Waals surface area (Å²) in [7, 11) is 1.51. The monoisotopic (exact) mass is 457 g/mol. The van der Waals surface area contributed by atoms with Gasteiger partial charge in [0, 0.05) is 25.0 Å². The van der Waals surface area contributed by atoms with E-state index in [1.807, 2.05) is 6.07 Å². The van der Waals surface area contributed by atoms with Gasteiger partial charge in [0.05, 0.1) is 21.9 Å². The van der Waals surface area contributed by atoms with Crippen LogP contribution in [0, 0.1) is 23.0 Å². The molecule has 2 aromatic heterocycles. The summed E-state index contributed by atoms with van der Waals surface area (Å²) in [6, 6.07) is 5.98. The third-order valence-corrected chi connectivity index (χ3v) is 6.30. The van der Waals surface area contributed by atoms with Gasteiger partial charge in [0.25, 0.3) is 0 Å². The fourth-order valence-electron chi connectivity index (χ4n) is 3.01. The molecular weight excluding hydrogens is 436 g/mol. The van der Waals surface area contributed by atoms with Crippen molar-refractivity contribution in [3.05, 3.63) is 53.5 Å². The lowest BCUT2D eigenvalue weighted by molar-refractivity contribution is 0.153. The highest BCUT2D eigenvalue weighted by Crippen LogP contribution is 2.35. The van der Waals surface area contributed by atoms with Crippen LogP contribution in [0.4, 0.5) is 20.3 Å². The number of aliphatic imine (C=N–C) groups is 1. The van der Waals surface area contributed by atoms with Crippen LogP contribution in [0.3, 0.4) is 0 Å². The minimum absolute atomic E-state index is 0.0157. The molecule has 11 heteroatoms. The number of halogens is 2. The van der Waals surface area contributed by atoms with Crippen molar-refractivity contribution in [2.75, 3.05) is 12.4 Å². The van der Waals surface area contributed by atoms with Crippen molar-refractivity contribution in [3.8, 4) is 6.07 Å². The lowest BCUT2D eigenvalue weighted by Crippen LogP contribution is -2.39. The minimum atomic E-state index is -1.06. The molecule has 0 radical (unpaired) electrons. The van der Waals surface area contributed by atoms with Crippen LogP contribution in [-0.2, 0) is 6.42 Å². The maximum absolute atomic E-state index is 14.6. The molecule has 2 heterocycles. The predicted molar refractivity (Wildman–Crippen MR) is 121 cm³/mol. The Balaban J connectivity index is 1.99. The van der Waals surface area contributed by atoms with Gasteiger partial charge in [-0.25, -0.2) is 23.7 Å². The number of aliphatic hydroxyl groups excluding tert-OH is 1. The number of benzene rings is 1. The molecule has 3 aromatic rings. The Morgan fingerprint density at radius 3 is 2.75 bits per heavy atom. The number of anilines is 2. The first-order chi connectivity index (χ1) is 15.2. The number of nitriles is 1. The molecule has 4 N–H and O–H groups in total. The number of rotatable bonds is 6. The quantitative estimate of drug-likeness (QED) is 0.379. The van der Waals surface area contributed by atoms with Crippen molar-refractivity contribution in [1.82, 2.24) is 15.0 Å². The number of nitrogens with zero attached hydrogens (tertiary/aromatic N) is 5. The largest absolute Gasteiger partial charge is 0.392 e. The van der Waals surface area contributed by atoms with Crippen LogP contribution in [0.2, 0.25) is 0 Å². The molecule has 1 aromatic carbocycles. The average molecular weight is 458 g/mol. The van der Waals surface area contributed by atoms with Crippen LogP contribution >= 0.6 is 11.8 Å². The van der Waals surface area contributed by atoms with E-state index < -0.39 is 22.5 Å². The van der Waals surface area contributed by atoms with Crippen molar-refractivity contribution >= 4 is 39.5 Å². The third kappa shape index (κ3) is 4.92. The van der Waals surface area contributed by atoms with Gasteiger partial charge in [-0.2, -0.15) is 5.26 Å². The van der Waals surface area contributed by atoms with E-state index in [1.54, 1.807) is 19.9 Å². The normalized spacial score (nSPS) is 14.6. The van der Waals surface area contributed by atoms with Crippen molar-refractivity contribution in [2.24, 2.45) is 10.7 Å². The number of nitrogens with two attached hydrogens (primary N) is 1. The Bertz CT molecular complexity index is 1230. The highest BCUT2D eigenvalue weighted by Gasteiger charge is 2.34. The standard InChI is InChI=1S/C21H21F2N7OS/c1-11(31)21(2,32-20(25)26-3)7-13-5-14(6-15(22)17(13)23)30-19-18-16(28-10-29-19)4-12(8-24)9-27-18/h4-6,9-11,31H,7H2,1-3H3,(H2,25,26)(H,28,29,30)/t11-,21+/m0/s1. The van der Waals surface area contributed by atoms with E-state index in [9.17, 15) is 13.9 Å². The molecule has 0 aliphatic rings. The molecule has 0 saturated carbocycles. The molecule has 8 nitrogen and oxygen atoms in total. The van der Waals surface area contributed by atoms with Gasteiger partial charge in [0.15, 0.2) is 22.6 Å². The Morgan fingerprint density at radius 1 is 1.34 bits per heavy atom. The van der Waals surface area contributed by atoms with E-state index in [0.29, 0.717) is 16.6 Å². The van der Waals surface area contributed by atoms with E-state index >= 15 is 0 Å². The molecule has 0 saturated heterocycles. The van der Waals surface area contributed by atoms with Gasteiger partial charge >= 0.3 is 0 Å². The van der Waals surface area contributed by atoms with Gasteiger partial charge in [0.2, 0.25) is 0 Å². The molecular formula is C21H21F2N7OS. The van der Waals surface area contributed by atoms with Crippen LogP contribution in [0.15, 0.2) is 35.7 Å². The summed E-state index contributed by atoms with van der Waals surface area (Å²) < 4.78 is 28.1. The van der Waals surface area contributed by atoms with Crippen molar-refractivity contribution in [2.45, 2.75) is 31.1 Å². The molecule has 32 heavy (non-hydrogen) atoms. The van der Waals surface area contributed by atoms with E-state index in [0.717, 1.165) is 17.8 Å². The highest BCUT2D eigenvalue weighted by atomic mass is 32.2. The van der Waals surface area contributed by atoms with Gasteiger partial charge < -0.3 is 16.2 Å². The summed E-state index contributed by atoms with van der Waals surface area (Å²) in [4.78, 5) is 16.3. The summed E-state index contributed by atoms with van der Waals surface area (Å²) in [5.41, 5.74) is 7.22. The maximum atomic E-state index is 14.6. The molecule has 2 atom stereocenters. The number of amidine groups is 1. The van der Waals surface area contributed by atoms with E-state index in [4.69, 9.17) is 11.0 Å². The van der Waals surface area contributed by atoms with Crippen LogP contribution in [0.5, 0.6) is 0 Å². The van der Waals surface area contributed by atoms with Gasteiger partial charge in [-0.05, 0) is 38.0 Å². The van der Waals surface area contributed by atoms with E-state index in [2.05, 4.69) is 25.3 Å². The molecule has 0 aliphatic carbocycles. The van der Waals surface area contributed by atoms with Crippen LogP contribution < -0.4 is 11.1 Å². The molecule has 0 spiro atoms. The number of fused-ring (bicyclic) bond motifs is 1. The number of pyridine rings is 1. The second kappa shape index (κ2) is 9.42. The zero-order valence-electron chi connectivity index (χ0n) is 17.6. The van der Waals surface area contributed by atoms with E-state index in [1.165, 1.54) is 25.6 Å². The highest BCUT2D eigenvalue weighted by molar-refractivity contribution is 8.15. The lowest BCUT2D eigenvalue weighted by atomic mass is 9.94. The fraction of sp³-hybridized carbons (Fsp3) is 0.286. The Kier molecular flexibility index (Phi) is 6.86. The summed E-state index contributed by atoms with van der Waals surface area (Å²) >= 11 is 1.09. The Hall–Kier alpha value is -3.36. The van der Waals surface area contributed by atoms with Gasteiger partial charge in [-0.3, -0.25) is 4.99 Å². The number of nitrogens with one attached hydrogen (secondary N) is 1. The molecule has 0 unspecified atom stereocenters. The van der Waals surface area contributed by atoms with Crippen LogP contribution in [0.1, 0.15) is 25.0 Å². The third-order valence-electron chi connectivity index (χ3n) is 4.95. The summed E-state index contributed by atoms with van der Waals surface area (Å²) in [5.74, 6) is -1.80. The first-order valence-corrected chi connectivity index (χ1v) is 10.3. The fourth-order valence-corrected chi connectivity index (χ4v) is 3.98. The molecule has 0 fully saturated rings. The summed E-state index contributed by atoms with van der Waals surface area (Å²) in [6.07, 6.45) is 1.75. The molecule has 0 aliphatic heterocycles. The SMILES string of the molecule is C/N=C(/N)S[C@](C)(Cc1cc(Nc2ncnc3cc(C#N)cnc23)cc(F)c1F)[C@H](C)O. The number of aromatic nitrogens is 3. The number of thioether (sulfide) groups is 1. The van der Waals surface area contributed by atoms with Crippen molar-refractivity contribution in [3.63, 3.8) is 0 Å². The van der Waals surface area contributed by atoms with Gasteiger partial charge in [0.1, 0.15) is 17.9 Å². The number of hydrogen-bond acceptors (Lipinski definition) is 8. The van der Waals surface area contributed by atoms with Crippen molar-refractivity contribution < 1.29 is 13.9 Å². The molecule has 3 rings (SSSR count). The first kappa shape index (κ1) is 23.3. The van der Waals surface area contributed by atoms with Crippen LogP contribution in [0.25, 0.3) is 11.0 Å². The Labute approximate surface area is 187 Å². The summed E-state index contributed by atoms with van der Waals surface area (Å²) in [6.45, 7) is 3.26. The minimum Gasteiger partial charge on any atom is -0.392 e. The molecule has 0 bridgehead atoms. The second-order valence-electron chi connectivity index (χ2n) is 7.31. The van der Waals surface area contributed by atoms with Crippen molar-refractivity contribution in [1.29, 1.82) is 5.26 Å².